The quantitative estimate of drug-likeness (QED) is 0.721. The van der Waals surface area contributed by atoms with E-state index in [1.165, 1.54) is 56.5 Å². The van der Waals surface area contributed by atoms with Gasteiger partial charge in [-0.1, -0.05) is 23.7 Å². The molecule has 6 nitrogen and oxygen atoms in total. The van der Waals surface area contributed by atoms with E-state index in [2.05, 4.69) is 4.72 Å². The van der Waals surface area contributed by atoms with Crippen LogP contribution in [-0.2, 0) is 26.2 Å². The molecule has 0 aromatic heterocycles. The summed E-state index contributed by atoms with van der Waals surface area (Å²) in [5.41, 5.74) is 0.404. The summed E-state index contributed by atoms with van der Waals surface area (Å²) in [4.78, 5) is 11.9. The average molecular weight is 402 g/mol. The SMILES string of the molecule is COc1ccc(COC(=O)[C@H](C)NS(=O)(=O)c2cccc(Cl)c2)cc1F. The molecule has 1 N–H and O–H groups in total. The average Bonchev–Trinajstić information content (AvgIpc) is 2.59. The molecule has 0 amide bonds. The van der Waals surface area contributed by atoms with Crippen molar-refractivity contribution in [2.45, 2.75) is 24.5 Å². The van der Waals surface area contributed by atoms with Gasteiger partial charge in [0.1, 0.15) is 12.6 Å². The summed E-state index contributed by atoms with van der Waals surface area (Å²) in [5.74, 6) is -1.31. The van der Waals surface area contributed by atoms with Gasteiger partial charge in [0, 0.05) is 5.02 Å². The van der Waals surface area contributed by atoms with Gasteiger partial charge >= 0.3 is 5.97 Å². The number of esters is 1. The number of hydrogen-bond donors (Lipinski definition) is 1. The highest BCUT2D eigenvalue weighted by Gasteiger charge is 2.23. The van der Waals surface area contributed by atoms with E-state index in [0.29, 0.717) is 5.56 Å². The van der Waals surface area contributed by atoms with E-state index >= 15 is 0 Å². The molecule has 2 aromatic carbocycles. The lowest BCUT2D eigenvalue weighted by Gasteiger charge is -2.14. The van der Waals surface area contributed by atoms with Crippen molar-refractivity contribution in [1.29, 1.82) is 0 Å². The van der Waals surface area contributed by atoms with Crippen LogP contribution in [0.4, 0.5) is 4.39 Å². The highest BCUT2D eigenvalue weighted by molar-refractivity contribution is 7.89. The molecule has 0 spiro atoms. The lowest BCUT2D eigenvalue weighted by molar-refractivity contribution is -0.146. The molecule has 26 heavy (non-hydrogen) atoms. The number of rotatable bonds is 7. The van der Waals surface area contributed by atoms with Crippen LogP contribution < -0.4 is 9.46 Å². The lowest BCUT2D eigenvalue weighted by atomic mass is 10.2. The van der Waals surface area contributed by atoms with Crippen molar-refractivity contribution in [2.75, 3.05) is 7.11 Å². The minimum atomic E-state index is -3.94. The standard InChI is InChI=1S/C17H17ClFNO5S/c1-11(20-26(22,23)14-5-3-4-13(18)9-14)17(21)25-10-12-6-7-16(24-2)15(19)8-12/h3-9,11,20H,10H2,1-2H3/t11-/m0/s1. The number of methoxy groups -OCH3 is 1. The number of sulfonamides is 1. The van der Waals surface area contributed by atoms with Crippen molar-refractivity contribution >= 4 is 27.6 Å². The molecule has 0 aliphatic rings. The fourth-order valence-electron chi connectivity index (χ4n) is 2.06. The first-order valence-electron chi connectivity index (χ1n) is 7.50. The minimum absolute atomic E-state index is 0.0677. The molecule has 2 aromatic rings. The molecule has 0 unspecified atom stereocenters. The predicted molar refractivity (Wildman–Crippen MR) is 94.0 cm³/mol. The number of halogens is 2. The Morgan fingerprint density at radius 3 is 2.62 bits per heavy atom. The summed E-state index contributed by atoms with van der Waals surface area (Å²) >= 11 is 5.78. The van der Waals surface area contributed by atoms with E-state index in [4.69, 9.17) is 21.1 Å². The van der Waals surface area contributed by atoms with E-state index in [1.807, 2.05) is 0 Å². The molecule has 2 rings (SSSR count). The molecule has 1 atom stereocenters. The van der Waals surface area contributed by atoms with Crippen LogP contribution in [-0.4, -0.2) is 27.5 Å². The van der Waals surface area contributed by atoms with E-state index in [9.17, 15) is 17.6 Å². The first kappa shape index (κ1) is 20.2. The Balaban J connectivity index is 1.98. The maximum absolute atomic E-state index is 13.6. The highest BCUT2D eigenvalue weighted by Crippen LogP contribution is 2.18. The van der Waals surface area contributed by atoms with Crippen LogP contribution in [0.5, 0.6) is 5.75 Å². The van der Waals surface area contributed by atoms with Gasteiger partial charge in [0.05, 0.1) is 12.0 Å². The van der Waals surface area contributed by atoms with E-state index in [0.717, 1.165) is 0 Å². The van der Waals surface area contributed by atoms with Gasteiger partial charge in [0.2, 0.25) is 10.0 Å². The number of carbonyl (C=O) groups excluding carboxylic acids is 1. The summed E-state index contributed by atoms with van der Waals surface area (Å²) < 4.78 is 50.1. The minimum Gasteiger partial charge on any atom is -0.494 e. The van der Waals surface area contributed by atoms with Crippen LogP contribution in [0.25, 0.3) is 0 Å². The Hall–Kier alpha value is -2.16. The second kappa shape index (κ2) is 8.48. The fourth-order valence-corrected chi connectivity index (χ4v) is 3.55. The molecule has 0 radical (unpaired) electrons. The molecule has 140 valence electrons. The van der Waals surface area contributed by atoms with Crippen LogP contribution in [0.2, 0.25) is 5.02 Å². The Labute approximate surface area is 155 Å². The fraction of sp³-hybridized carbons (Fsp3) is 0.235. The molecule has 0 bridgehead atoms. The van der Waals surface area contributed by atoms with Gasteiger partial charge in [-0.15, -0.1) is 0 Å². The van der Waals surface area contributed by atoms with Crippen molar-refractivity contribution in [3.8, 4) is 5.75 Å². The van der Waals surface area contributed by atoms with E-state index in [-0.39, 0.29) is 22.3 Å². The number of nitrogens with one attached hydrogen (secondary N) is 1. The van der Waals surface area contributed by atoms with Crippen LogP contribution in [0.1, 0.15) is 12.5 Å². The van der Waals surface area contributed by atoms with Crippen molar-refractivity contribution in [3.63, 3.8) is 0 Å². The Morgan fingerprint density at radius 2 is 2.00 bits per heavy atom. The maximum Gasteiger partial charge on any atom is 0.324 e. The van der Waals surface area contributed by atoms with Crippen LogP contribution >= 0.6 is 11.6 Å². The molecule has 0 fully saturated rings. The molecule has 9 heteroatoms. The molecular formula is C17H17ClFNO5S. The molecule has 0 saturated heterocycles. The highest BCUT2D eigenvalue weighted by atomic mass is 35.5. The first-order chi connectivity index (χ1) is 12.2. The largest absolute Gasteiger partial charge is 0.494 e. The van der Waals surface area contributed by atoms with Crippen LogP contribution in [0.3, 0.4) is 0 Å². The van der Waals surface area contributed by atoms with Crippen molar-refractivity contribution in [2.24, 2.45) is 0 Å². The third kappa shape index (κ3) is 5.17. The molecular weight excluding hydrogens is 385 g/mol. The number of ether oxygens (including phenoxy) is 2. The number of hydrogen-bond acceptors (Lipinski definition) is 5. The number of benzene rings is 2. The summed E-state index contributed by atoms with van der Waals surface area (Å²) in [6, 6.07) is 8.62. The normalized spacial score (nSPS) is 12.5. The topological polar surface area (TPSA) is 81.7 Å². The predicted octanol–water partition coefficient (Wildman–Crippen LogP) is 2.90. The van der Waals surface area contributed by atoms with Gasteiger partial charge in [-0.25, -0.2) is 12.8 Å². The van der Waals surface area contributed by atoms with Gasteiger partial charge < -0.3 is 9.47 Å². The Bertz CT molecular complexity index is 904. The molecule has 0 saturated carbocycles. The third-order valence-electron chi connectivity index (χ3n) is 3.39. The summed E-state index contributed by atoms with van der Waals surface area (Å²) in [5, 5.41) is 0.254. The van der Waals surface area contributed by atoms with Gasteiger partial charge in [-0.3, -0.25) is 4.79 Å². The van der Waals surface area contributed by atoms with Gasteiger partial charge in [0.25, 0.3) is 0 Å². The zero-order valence-corrected chi connectivity index (χ0v) is 15.6. The third-order valence-corrected chi connectivity index (χ3v) is 5.16. The zero-order chi connectivity index (χ0) is 19.3. The lowest BCUT2D eigenvalue weighted by Crippen LogP contribution is -2.39. The van der Waals surface area contributed by atoms with Crippen molar-refractivity contribution < 1.29 is 27.1 Å². The van der Waals surface area contributed by atoms with Crippen LogP contribution in [0, 0.1) is 5.82 Å². The van der Waals surface area contributed by atoms with Gasteiger partial charge in [0.15, 0.2) is 11.6 Å². The summed E-state index contributed by atoms with van der Waals surface area (Å²) in [7, 11) is -2.60. The van der Waals surface area contributed by atoms with Crippen LogP contribution in [0.15, 0.2) is 47.4 Å². The van der Waals surface area contributed by atoms with Gasteiger partial charge in [-0.2, -0.15) is 4.72 Å². The smallest absolute Gasteiger partial charge is 0.324 e. The second-order valence-electron chi connectivity index (χ2n) is 5.38. The van der Waals surface area contributed by atoms with Gasteiger partial charge in [-0.05, 0) is 42.8 Å². The second-order valence-corrected chi connectivity index (χ2v) is 7.53. The molecule has 0 aliphatic carbocycles. The summed E-state index contributed by atoms with van der Waals surface area (Å²) in [6.45, 7) is 1.14. The molecule has 0 heterocycles. The Morgan fingerprint density at radius 1 is 1.27 bits per heavy atom. The monoisotopic (exact) mass is 401 g/mol. The zero-order valence-electron chi connectivity index (χ0n) is 14.0. The van der Waals surface area contributed by atoms with Crippen molar-refractivity contribution in [3.05, 3.63) is 58.9 Å². The van der Waals surface area contributed by atoms with E-state index < -0.39 is 27.9 Å². The van der Waals surface area contributed by atoms with Crippen molar-refractivity contribution in [1.82, 2.24) is 4.72 Å². The maximum atomic E-state index is 13.6. The Kier molecular flexibility index (Phi) is 6.57. The summed E-state index contributed by atoms with van der Waals surface area (Å²) in [6.07, 6.45) is 0. The molecule has 0 aliphatic heterocycles. The van der Waals surface area contributed by atoms with E-state index in [1.54, 1.807) is 0 Å². The number of carbonyl (C=O) groups is 1. The first-order valence-corrected chi connectivity index (χ1v) is 9.36.